The van der Waals surface area contributed by atoms with Crippen LogP contribution < -0.4 is 11.4 Å². The molecule has 0 radical (unpaired) electrons. The van der Waals surface area contributed by atoms with E-state index < -0.39 is 55.8 Å². The molecule has 1 aromatic rings. The van der Waals surface area contributed by atoms with Crippen molar-refractivity contribution >= 4 is 13.6 Å². The lowest BCUT2D eigenvalue weighted by molar-refractivity contribution is -0.262. The highest BCUT2D eigenvalue weighted by molar-refractivity contribution is 7.47. The molecule has 0 amide bonds. The number of nitrogens with two attached hydrogens (primary N) is 1. The number of phosphoric acid groups is 1. The van der Waals surface area contributed by atoms with Gasteiger partial charge in [0.25, 0.3) is 0 Å². The van der Waals surface area contributed by atoms with Crippen LogP contribution in [-0.4, -0.2) is 64.8 Å². The number of aliphatic hydroxyl groups excluding tert-OH is 1. The fraction of sp³-hybridized carbons (Fsp3) is 0.818. The summed E-state index contributed by atoms with van der Waals surface area (Å²) in [7, 11) is -1.83. The first-order chi connectivity index (χ1) is 15.9. The number of anilines is 1. The van der Waals surface area contributed by atoms with E-state index >= 15 is 0 Å². The van der Waals surface area contributed by atoms with Crippen LogP contribution in [0, 0.1) is 29.6 Å². The molecule has 0 spiro atoms. The highest BCUT2D eigenvalue weighted by atomic mass is 31.2. The van der Waals surface area contributed by atoms with Crippen LogP contribution in [0.25, 0.3) is 0 Å². The molecule has 1 aromatic heterocycles. The Hall–Kier alpha value is -1.33. The third-order valence-corrected chi connectivity index (χ3v) is 7.99. The number of rotatable bonds is 9. The summed E-state index contributed by atoms with van der Waals surface area (Å²) >= 11 is 0. The monoisotopic (exact) mass is 503 g/mol. The lowest BCUT2D eigenvalue weighted by Crippen LogP contribution is -2.67. The highest BCUT2D eigenvalue weighted by Crippen LogP contribution is 2.57. The molecule has 2 fully saturated rings. The second-order valence-corrected chi connectivity index (χ2v) is 11.5. The van der Waals surface area contributed by atoms with E-state index in [-0.39, 0.29) is 30.2 Å². The zero-order valence-electron chi connectivity index (χ0n) is 20.6. The average molecular weight is 504 g/mol. The molecule has 2 aliphatic rings. The quantitative estimate of drug-likeness (QED) is 0.425. The Morgan fingerprint density at radius 1 is 1.29 bits per heavy atom. The molecule has 3 rings (SSSR count). The van der Waals surface area contributed by atoms with Gasteiger partial charge in [0.05, 0.1) is 31.0 Å². The SMILES string of the molecule is COCC1OC2C(C(C)C)C(C(O)C(OP(=O)(O)OC)C1CC(C)C)C2n1ccc(N)nc1=O. The number of ether oxygens (including phenoxy) is 2. The van der Waals surface area contributed by atoms with Crippen LogP contribution in [0.4, 0.5) is 5.82 Å². The van der Waals surface area contributed by atoms with Crippen molar-refractivity contribution in [3.63, 3.8) is 0 Å². The molecule has 12 heteroatoms. The molecule has 11 nitrogen and oxygen atoms in total. The van der Waals surface area contributed by atoms with Gasteiger partial charge < -0.3 is 25.2 Å². The number of nitrogens with zero attached hydrogens (tertiary/aromatic N) is 2. The number of hydrogen-bond acceptors (Lipinski definition) is 9. The first-order valence-corrected chi connectivity index (χ1v) is 13.1. The Kier molecular flexibility index (Phi) is 8.61. The molecule has 1 aliphatic carbocycles. The minimum atomic E-state index is -4.45. The van der Waals surface area contributed by atoms with Gasteiger partial charge in [0, 0.05) is 32.3 Å². The summed E-state index contributed by atoms with van der Waals surface area (Å²) in [6.45, 7) is 8.24. The van der Waals surface area contributed by atoms with Gasteiger partial charge in [0.1, 0.15) is 11.9 Å². The molecule has 4 N–H and O–H groups in total. The summed E-state index contributed by atoms with van der Waals surface area (Å²) in [5.74, 6) is -0.718. The number of phosphoric ester groups is 1. The van der Waals surface area contributed by atoms with E-state index in [1.54, 1.807) is 13.3 Å². The van der Waals surface area contributed by atoms with E-state index in [0.717, 1.165) is 7.11 Å². The van der Waals surface area contributed by atoms with Gasteiger partial charge >= 0.3 is 13.5 Å². The second-order valence-electron chi connectivity index (χ2n) is 10.0. The summed E-state index contributed by atoms with van der Waals surface area (Å²) in [6.07, 6.45) is -1.13. The van der Waals surface area contributed by atoms with E-state index in [1.807, 2.05) is 27.7 Å². The van der Waals surface area contributed by atoms with Gasteiger partial charge in [-0.1, -0.05) is 27.7 Å². The minimum Gasteiger partial charge on any atom is -0.390 e. The molecule has 0 aromatic carbocycles. The van der Waals surface area contributed by atoms with Gasteiger partial charge in [-0.05, 0) is 30.2 Å². The number of aliphatic hydroxyl groups is 1. The van der Waals surface area contributed by atoms with Gasteiger partial charge in [-0.25, -0.2) is 9.36 Å². The molecule has 34 heavy (non-hydrogen) atoms. The molecular formula is C22H38N3O8P. The lowest BCUT2D eigenvalue weighted by atomic mass is 9.57. The Morgan fingerprint density at radius 2 is 1.97 bits per heavy atom. The fourth-order valence-electron chi connectivity index (χ4n) is 5.65. The molecule has 1 saturated carbocycles. The fourth-order valence-corrected chi connectivity index (χ4v) is 6.33. The predicted molar refractivity (Wildman–Crippen MR) is 125 cm³/mol. The van der Waals surface area contributed by atoms with Gasteiger partial charge in [0.2, 0.25) is 0 Å². The lowest BCUT2D eigenvalue weighted by Gasteiger charge is -2.60. The standard InChI is InChI=1S/C22H38N3O8P/c1-11(2)9-13-14(10-30-5)32-21-16(12(3)4)17(19(26)20(13)33-34(28,29)31-6)18(21)25-8-7-15(23)24-22(25)27/h7-8,11-14,16-21,26H,9-10H2,1-6H3,(H,28,29)(H2,23,24,27). The minimum absolute atomic E-state index is 0.0900. The first-order valence-electron chi connectivity index (χ1n) is 11.7. The van der Waals surface area contributed by atoms with Crippen LogP contribution in [0.1, 0.15) is 40.2 Å². The van der Waals surface area contributed by atoms with E-state index in [1.165, 1.54) is 10.6 Å². The normalized spacial score (nSPS) is 35.5. The average Bonchev–Trinajstić information content (AvgIpc) is 2.72. The Labute approximate surface area is 200 Å². The molecule has 9 unspecified atom stereocenters. The van der Waals surface area contributed by atoms with E-state index in [9.17, 15) is 19.4 Å². The van der Waals surface area contributed by atoms with Gasteiger partial charge in [0.15, 0.2) is 0 Å². The Bertz CT molecular complexity index is 941. The summed E-state index contributed by atoms with van der Waals surface area (Å²) in [5, 5.41) is 11.7. The van der Waals surface area contributed by atoms with Crippen LogP contribution in [0.3, 0.4) is 0 Å². The van der Waals surface area contributed by atoms with Crippen molar-refractivity contribution in [3.05, 3.63) is 22.7 Å². The maximum Gasteiger partial charge on any atom is 0.472 e. The van der Waals surface area contributed by atoms with Crippen LogP contribution >= 0.6 is 7.82 Å². The zero-order valence-corrected chi connectivity index (χ0v) is 21.5. The molecule has 2 bridgehead atoms. The van der Waals surface area contributed by atoms with E-state index in [4.69, 9.17) is 24.3 Å². The number of methoxy groups -OCH3 is 1. The topological polar surface area (TPSA) is 155 Å². The van der Waals surface area contributed by atoms with Crippen molar-refractivity contribution in [2.75, 3.05) is 26.6 Å². The largest absolute Gasteiger partial charge is 0.472 e. The molecule has 1 aliphatic heterocycles. The number of aromatic nitrogens is 2. The Morgan fingerprint density at radius 3 is 2.50 bits per heavy atom. The van der Waals surface area contributed by atoms with Crippen LogP contribution in [-0.2, 0) is 23.1 Å². The molecule has 9 atom stereocenters. The van der Waals surface area contributed by atoms with Crippen molar-refractivity contribution < 1.29 is 33.1 Å². The smallest absolute Gasteiger partial charge is 0.390 e. The number of nitrogen functional groups attached to an aromatic ring is 1. The van der Waals surface area contributed by atoms with E-state index in [0.29, 0.717) is 6.42 Å². The third-order valence-electron chi connectivity index (χ3n) is 7.02. The van der Waals surface area contributed by atoms with Crippen molar-refractivity contribution in [2.24, 2.45) is 29.6 Å². The zero-order chi connectivity index (χ0) is 25.4. The van der Waals surface area contributed by atoms with E-state index in [2.05, 4.69) is 4.98 Å². The summed E-state index contributed by atoms with van der Waals surface area (Å²) in [4.78, 5) is 26.8. The van der Waals surface area contributed by atoms with Crippen molar-refractivity contribution in [1.82, 2.24) is 9.55 Å². The van der Waals surface area contributed by atoms with Crippen molar-refractivity contribution in [3.8, 4) is 0 Å². The van der Waals surface area contributed by atoms with Crippen LogP contribution in [0.15, 0.2) is 17.1 Å². The maximum absolute atomic E-state index is 12.7. The van der Waals surface area contributed by atoms with Gasteiger partial charge in [-0.2, -0.15) is 4.98 Å². The summed E-state index contributed by atoms with van der Waals surface area (Å²) in [5.41, 5.74) is 5.13. The second kappa shape index (κ2) is 10.7. The number of fused-ring (bicyclic) bond motifs is 2. The van der Waals surface area contributed by atoms with Crippen molar-refractivity contribution in [2.45, 2.75) is 64.6 Å². The first kappa shape index (κ1) is 27.3. The molecule has 1 saturated heterocycles. The van der Waals surface area contributed by atoms with Gasteiger partial charge in [-0.3, -0.25) is 13.6 Å². The summed E-state index contributed by atoms with van der Waals surface area (Å²) < 4.78 is 36.3. The molecule has 194 valence electrons. The molecular weight excluding hydrogens is 465 g/mol. The highest BCUT2D eigenvalue weighted by Gasteiger charge is 2.62. The molecule has 2 heterocycles. The van der Waals surface area contributed by atoms with Gasteiger partial charge in [-0.15, -0.1) is 0 Å². The maximum atomic E-state index is 12.7. The van der Waals surface area contributed by atoms with Crippen LogP contribution in [0.2, 0.25) is 0 Å². The Balaban J connectivity index is 2.14. The van der Waals surface area contributed by atoms with Crippen molar-refractivity contribution in [1.29, 1.82) is 0 Å². The summed E-state index contributed by atoms with van der Waals surface area (Å²) in [6, 6.07) is 0.958. The van der Waals surface area contributed by atoms with Crippen LogP contribution in [0.5, 0.6) is 0 Å². The third kappa shape index (κ3) is 5.41. The number of hydrogen-bond donors (Lipinski definition) is 3. The predicted octanol–water partition coefficient (Wildman–Crippen LogP) is 1.84.